The van der Waals surface area contributed by atoms with E-state index in [9.17, 15) is 0 Å². The van der Waals surface area contributed by atoms with Gasteiger partial charge in [-0.15, -0.1) is 0 Å². The van der Waals surface area contributed by atoms with Gasteiger partial charge in [-0.2, -0.15) is 10.1 Å². The molecule has 9 nitrogen and oxygen atoms in total. The van der Waals surface area contributed by atoms with Crippen LogP contribution in [0.3, 0.4) is 0 Å². The quantitative estimate of drug-likeness (QED) is 0.734. The summed E-state index contributed by atoms with van der Waals surface area (Å²) in [6.07, 6.45) is 7.68. The first-order valence-corrected chi connectivity index (χ1v) is 9.01. The summed E-state index contributed by atoms with van der Waals surface area (Å²) in [6, 6.07) is 2.31. The lowest BCUT2D eigenvalue weighted by Crippen LogP contribution is -2.58. The molecule has 1 spiro atoms. The van der Waals surface area contributed by atoms with E-state index in [1.165, 1.54) is 13.5 Å². The van der Waals surface area contributed by atoms with Crippen molar-refractivity contribution in [3.05, 3.63) is 24.7 Å². The third-order valence-corrected chi connectivity index (χ3v) is 5.52. The Balaban J connectivity index is 1.60. The largest absolute Gasteiger partial charge is 0.480 e. The number of hydrogen-bond donors (Lipinski definition) is 1. The van der Waals surface area contributed by atoms with Crippen molar-refractivity contribution >= 4 is 11.3 Å². The minimum absolute atomic E-state index is 0.258. The first kappa shape index (κ1) is 16.2. The van der Waals surface area contributed by atoms with Gasteiger partial charge in [0.1, 0.15) is 5.69 Å². The topological polar surface area (TPSA) is 89.7 Å². The number of ether oxygens (including phenoxy) is 2. The van der Waals surface area contributed by atoms with Gasteiger partial charge in [0, 0.05) is 37.2 Å². The Kier molecular flexibility index (Phi) is 3.64. The van der Waals surface area contributed by atoms with Crippen LogP contribution in [0.25, 0.3) is 16.9 Å². The van der Waals surface area contributed by atoms with Gasteiger partial charge >= 0.3 is 6.01 Å². The summed E-state index contributed by atoms with van der Waals surface area (Å²) >= 11 is 0. The Morgan fingerprint density at radius 3 is 2.78 bits per heavy atom. The monoisotopic (exact) mass is 367 g/mol. The standard InChI is InChI=1S/C18H21N7O2/c1-26-16-12(10-20-17(22-16)27-2)13-9-14(15-19-6-8-25(15)23-13)24-7-4-18(11-24)3-5-21-18/h6,8-10,21H,3-5,7,11H2,1-2H3. The molecule has 0 saturated carbocycles. The lowest BCUT2D eigenvalue weighted by atomic mass is 9.87. The van der Waals surface area contributed by atoms with Crippen LogP contribution in [0.2, 0.25) is 0 Å². The predicted octanol–water partition coefficient (Wildman–Crippen LogP) is 1.15. The van der Waals surface area contributed by atoms with Crippen molar-refractivity contribution in [2.75, 3.05) is 38.8 Å². The third-order valence-electron chi connectivity index (χ3n) is 5.52. The van der Waals surface area contributed by atoms with Crippen molar-refractivity contribution < 1.29 is 9.47 Å². The maximum atomic E-state index is 5.44. The summed E-state index contributed by atoms with van der Waals surface area (Å²) in [5.41, 5.74) is 3.62. The van der Waals surface area contributed by atoms with Crippen molar-refractivity contribution in [3.8, 4) is 23.1 Å². The molecule has 3 aromatic heterocycles. The van der Waals surface area contributed by atoms with Crippen LogP contribution in [0.4, 0.5) is 5.69 Å². The zero-order valence-electron chi connectivity index (χ0n) is 15.3. The minimum Gasteiger partial charge on any atom is -0.480 e. The van der Waals surface area contributed by atoms with E-state index >= 15 is 0 Å². The van der Waals surface area contributed by atoms with Crippen molar-refractivity contribution in [2.24, 2.45) is 0 Å². The van der Waals surface area contributed by atoms with Gasteiger partial charge in [0.2, 0.25) is 5.88 Å². The Bertz CT molecular complexity index is 999. The molecule has 1 unspecified atom stereocenters. The number of imidazole rings is 1. The number of nitrogens with zero attached hydrogens (tertiary/aromatic N) is 6. The van der Waals surface area contributed by atoms with E-state index < -0.39 is 0 Å². The van der Waals surface area contributed by atoms with Crippen molar-refractivity contribution in [2.45, 2.75) is 18.4 Å². The van der Waals surface area contributed by atoms with Crippen LogP contribution >= 0.6 is 0 Å². The molecule has 140 valence electrons. The highest BCUT2D eigenvalue weighted by atomic mass is 16.5. The average molecular weight is 367 g/mol. The SMILES string of the molecule is COc1ncc(-c2cc(N3CCC4(CCN4)C3)c3nccn3n2)c(OC)n1. The number of fused-ring (bicyclic) bond motifs is 1. The number of hydrogen-bond acceptors (Lipinski definition) is 8. The van der Waals surface area contributed by atoms with Crippen LogP contribution < -0.4 is 19.7 Å². The van der Waals surface area contributed by atoms with E-state index in [-0.39, 0.29) is 11.5 Å². The molecule has 9 heteroatoms. The lowest BCUT2D eigenvalue weighted by molar-refractivity contribution is 0.235. The third kappa shape index (κ3) is 2.57. The first-order chi connectivity index (χ1) is 13.2. The second-order valence-corrected chi connectivity index (χ2v) is 7.02. The molecule has 2 aliphatic rings. The fourth-order valence-electron chi connectivity index (χ4n) is 3.95. The number of rotatable bonds is 4. The van der Waals surface area contributed by atoms with Gasteiger partial charge in [0.15, 0.2) is 5.65 Å². The van der Waals surface area contributed by atoms with Crippen molar-refractivity contribution in [1.82, 2.24) is 29.9 Å². The lowest BCUT2D eigenvalue weighted by Gasteiger charge is -2.40. The summed E-state index contributed by atoms with van der Waals surface area (Å²) < 4.78 is 12.3. The fraction of sp³-hybridized carbons (Fsp3) is 0.444. The number of nitrogens with one attached hydrogen (secondary N) is 1. The summed E-state index contributed by atoms with van der Waals surface area (Å²) in [5.74, 6) is 0.429. The molecule has 2 fully saturated rings. The average Bonchev–Trinajstić information content (AvgIpc) is 3.33. The zero-order valence-corrected chi connectivity index (χ0v) is 15.3. The molecular weight excluding hydrogens is 346 g/mol. The van der Waals surface area contributed by atoms with Gasteiger partial charge in [-0.1, -0.05) is 0 Å². The molecule has 0 bridgehead atoms. The van der Waals surface area contributed by atoms with Crippen LogP contribution in [0.1, 0.15) is 12.8 Å². The molecule has 0 aromatic carbocycles. The van der Waals surface area contributed by atoms with Gasteiger partial charge in [-0.25, -0.2) is 14.5 Å². The summed E-state index contributed by atoms with van der Waals surface area (Å²) in [6.45, 7) is 3.08. The highest BCUT2D eigenvalue weighted by molar-refractivity contribution is 5.76. The maximum Gasteiger partial charge on any atom is 0.319 e. The van der Waals surface area contributed by atoms with Gasteiger partial charge in [-0.3, -0.25) is 0 Å². The molecule has 2 saturated heterocycles. The number of aromatic nitrogens is 5. The van der Waals surface area contributed by atoms with Crippen LogP contribution in [0.5, 0.6) is 11.9 Å². The molecule has 1 atom stereocenters. The van der Waals surface area contributed by atoms with E-state index in [2.05, 4.69) is 30.3 Å². The molecule has 27 heavy (non-hydrogen) atoms. The number of methoxy groups -OCH3 is 2. The molecule has 0 radical (unpaired) electrons. The number of anilines is 1. The molecule has 5 rings (SSSR count). The first-order valence-electron chi connectivity index (χ1n) is 9.01. The van der Waals surface area contributed by atoms with Crippen LogP contribution in [-0.4, -0.2) is 64.0 Å². The second kappa shape index (κ2) is 6.05. The predicted molar refractivity (Wildman–Crippen MR) is 99.3 cm³/mol. The molecule has 3 aromatic rings. The minimum atomic E-state index is 0.258. The molecule has 1 N–H and O–H groups in total. The van der Waals surface area contributed by atoms with E-state index in [1.54, 1.807) is 24.0 Å². The zero-order chi connectivity index (χ0) is 18.4. The van der Waals surface area contributed by atoms with Crippen LogP contribution in [-0.2, 0) is 0 Å². The Labute approximate surface area is 156 Å². The highest BCUT2D eigenvalue weighted by Crippen LogP contribution is 2.37. The Morgan fingerprint density at radius 2 is 2.07 bits per heavy atom. The van der Waals surface area contributed by atoms with E-state index in [4.69, 9.17) is 9.47 Å². The smallest absolute Gasteiger partial charge is 0.319 e. The molecular formula is C18H21N7O2. The molecule has 2 aliphatic heterocycles. The summed E-state index contributed by atoms with van der Waals surface area (Å²) in [4.78, 5) is 15.4. The van der Waals surface area contributed by atoms with Gasteiger partial charge in [0.25, 0.3) is 0 Å². The normalized spacial score (nSPS) is 21.6. The summed E-state index contributed by atoms with van der Waals surface area (Å²) in [5, 5.41) is 8.28. The highest BCUT2D eigenvalue weighted by Gasteiger charge is 2.43. The van der Waals surface area contributed by atoms with Gasteiger partial charge in [0.05, 0.1) is 25.5 Å². The van der Waals surface area contributed by atoms with Crippen LogP contribution in [0.15, 0.2) is 24.7 Å². The summed E-state index contributed by atoms with van der Waals surface area (Å²) in [7, 11) is 3.11. The van der Waals surface area contributed by atoms with Gasteiger partial charge < -0.3 is 19.7 Å². The second-order valence-electron chi connectivity index (χ2n) is 7.02. The Morgan fingerprint density at radius 1 is 1.19 bits per heavy atom. The Hall–Kier alpha value is -2.94. The van der Waals surface area contributed by atoms with Gasteiger partial charge in [-0.05, 0) is 25.5 Å². The van der Waals surface area contributed by atoms with Crippen molar-refractivity contribution in [3.63, 3.8) is 0 Å². The van der Waals surface area contributed by atoms with E-state index in [0.29, 0.717) is 11.4 Å². The van der Waals surface area contributed by atoms with E-state index in [1.807, 2.05) is 12.3 Å². The fourth-order valence-corrected chi connectivity index (χ4v) is 3.95. The molecule has 0 aliphatic carbocycles. The molecule has 5 heterocycles. The van der Waals surface area contributed by atoms with Crippen LogP contribution in [0, 0.1) is 0 Å². The van der Waals surface area contributed by atoms with Crippen molar-refractivity contribution in [1.29, 1.82) is 0 Å². The maximum absolute atomic E-state index is 5.44. The molecule has 0 amide bonds. The van der Waals surface area contributed by atoms with E-state index in [0.717, 1.165) is 43.1 Å².